The van der Waals surface area contributed by atoms with Crippen LogP contribution in [0.4, 0.5) is 14.5 Å². The average Bonchev–Trinajstić information content (AvgIpc) is 3.24. The largest absolute Gasteiger partial charge is 0.394 e. The molecule has 6 heteroatoms. The molecule has 0 radical (unpaired) electrons. The van der Waals surface area contributed by atoms with Gasteiger partial charge in [0.25, 0.3) is 5.91 Å². The number of likely N-dealkylation sites (tertiary alicyclic amines) is 1. The van der Waals surface area contributed by atoms with Gasteiger partial charge >= 0.3 is 0 Å². The lowest BCUT2D eigenvalue weighted by molar-refractivity contribution is 0.0701. The van der Waals surface area contributed by atoms with Crippen LogP contribution in [0.15, 0.2) is 66.7 Å². The number of benzene rings is 3. The van der Waals surface area contributed by atoms with Crippen LogP contribution in [-0.2, 0) is 0 Å². The van der Waals surface area contributed by atoms with Crippen molar-refractivity contribution >= 4 is 11.6 Å². The minimum Gasteiger partial charge on any atom is -0.394 e. The minimum atomic E-state index is -0.391. The molecule has 5 rings (SSSR count). The van der Waals surface area contributed by atoms with Crippen LogP contribution in [0.25, 0.3) is 11.1 Å². The first-order chi connectivity index (χ1) is 15.1. The van der Waals surface area contributed by atoms with Gasteiger partial charge < -0.3 is 15.3 Å². The second-order valence-electron chi connectivity index (χ2n) is 8.12. The molecule has 3 aromatic carbocycles. The molecular formula is C25H22F2N2O2. The molecule has 1 fully saturated rings. The maximum atomic E-state index is 14.4. The Morgan fingerprint density at radius 2 is 1.84 bits per heavy atom. The first-order valence-electron chi connectivity index (χ1n) is 10.4. The third-order valence-electron chi connectivity index (χ3n) is 6.41. The Labute approximate surface area is 179 Å². The van der Waals surface area contributed by atoms with E-state index in [4.69, 9.17) is 0 Å². The predicted octanol–water partition coefficient (Wildman–Crippen LogP) is 4.62. The van der Waals surface area contributed by atoms with Crippen molar-refractivity contribution < 1.29 is 18.7 Å². The predicted molar refractivity (Wildman–Crippen MR) is 115 cm³/mol. The van der Waals surface area contributed by atoms with Crippen LogP contribution in [0.1, 0.15) is 28.4 Å². The molecule has 0 aromatic heterocycles. The number of hydrogen-bond acceptors (Lipinski definition) is 3. The van der Waals surface area contributed by atoms with Crippen molar-refractivity contribution in [1.29, 1.82) is 0 Å². The van der Waals surface area contributed by atoms with E-state index in [2.05, 4.69) is 5.32 Å². The summed E-state index contributed by atoms with van der Waals surface area (Å²) in [5.41, 5.74) is 3.40. The lowest BCUT2D eigenvalue weighted by Crippen LogP contribution is -2.42. The average molecular weight is 420 g/mol. The van der Waals surface area contributed by atoms with Crippen LogP contribution in [-0.4, -0.2) is 35.1 Å². The second-order valence-corrected chi connectivity index (χ2v) is 8.12. The monoisotopic (exact) mass is 420 g/mol. The molecule has 0 bridgehead atoms. The minimum absolute atomic E-state index is 0.0257. The highest BCUT2D eigenvalue weighted by Gasteiger charge is 2.45. The lowest BCUT2D eigenvalue weighted by Gasteiger charge is -2.39. The van der Waals surface area contributed by atoms with Gasteiger partial charge in [0.05, 0.1) is 18.7 Å². The van der Waals surface area contributed by atoms with E-state index < -0.39 is 5.82 Å². The number of nitrogens with one attached hydrogen (secondary N) is 1. The van der Waals surface area contributed by atoms with Crippen molar-refractivity contribution in [3.05, 3.63) is 89.5 Å². The number of aliphatic hydroxyl groups excluding tert-OH is 1. The number of aliphatic hydroxyl groups is 1. The SMILES string of the molecule is O=C(c1ccc(F)cc1)N1CC[C@@H]2[C@@H](CO)Nc3ccc(-c4ccccc4F)cc3[C@@H]21. The summed E-state index contributed by atoms with van der Waals surface area (Å²) in [5, 5.41) is 13.3. The molecule has 2 heterocycles. The summed E-state index contributed by atoms with van der Waals surface area (Å²) in [6.45, 7) is 0.487. The van der Waals surface area contributed by atoms with Gasteiger partial charge in [-0.2, -0.15) is 0 Å². The molecule has 3 aromatic rings. The van der Waals surface area contributed by atoms with Gasteiger partial charge in [0, 0.05) is 29.3 Å². The third-order valence-corrected chi connectivity index (χ3v) is 6.41. The quantitative estimate of drug-likeness (QED) is 0.650. The van der Waals surface area contributed by atoms with Gasteiger partial charge in [0.15, 0.2) is 0 Å². The van der Waals surface area contributed by atoms with E-state index in [1.807, 2.05) is 18.2 Å². The van der Waals surface area contributed by atoms with Crippen LogP contribution in [0, 0.1) is 17.6 Å². The van der Waals surface area contributed by atoms with E-state index in [1.54, 1.807) is 23.1 Å². The Kier molecular flexibility index (Phi) is 4.94. The summed E-state index contributed by atoms with van der Waals surface area (Å²) in [5.74, 6) is -0.842. The van der Waals surface area contributed by atoms with Crippen molar-refractivity contribution in [2.75, 3.05) is 18.5 Å². The van der Waals surface area contributed by atoms with Crippen LogP contribution < -0.4 is 5.32 Å². The smallest absolute Gasteiger partial charge is 0.254 e. The number of fused-ring (bicyclic) bond motifs is 3. The molecular weight excluding hydrogens is 398 g/mol. The van der Waals surface area contributed by atoms with E-state index >= 15 is 0 Å². The Hall–Kier alpha value is -3.25. The molecule has 158 valence electrons. The van der Waals surface area contributed by atoms with E-state index in [0.717, 1.165) is 23.2 Å². The summed E-state index contributed by atoms with van der Waals surface area (Å²) in [6.07, 6.45) is 0.735. The lowest BCUT2D eigenvalue weighted by atomic mass is 9.82. The standard InChI is InChI=1S/C25H22F2N2O2/c26-17-8-5-15(6-9-17)25(31)29-12-11-19-23(14-30)28-22-10-7-16(13-20(22)24(19)29)18-3-1-2-4-21(18)27/h1-10,13,19,23-24,28,30H,11-12,14H2/t19-,23-,24-/m1/s1. The number of anilines is 1. The number of rotatable bonds is 3. The van der Waals surface area contributed by atoms with E-state index in [1.165, 1.54) is 30.3 Å². The van der Waals surface area contributed by atoms with Gasteiger partial charge in [0.2, 0.25) is 0 Å². The fraction of sp³-hybridized carbons (Fsp3) is 0.240. The first kappa shape index (κ1) is 19.7. The zero-order valence-corrected chi connectivity index (χ0v) is 16.8. The highest BCUT2D eigenvalue weighted by Crippen LogP contribution is 2.47. The Morgan fingerprint density at radius 3 is 2.58 bits per heavy atom. The summed E-state index contributed by atoms with van der Waals surface area (Å²) in [4.78, 5) is 15.1. The van der Waals surface area contributed by atoms with Crippen LogP contribution in [0.2, 0.25) is 0 Å². The third kappa shape index (κ3) is 3.37. The number of amides is 1. The highest BCUT2D eigenvalue weighted by atomic mass is 19.1. The maximum Gasteiger partial charge on any atom is 0.254 e. The number of hydrogen-bond donors (Lipinski definition) is 2. The Bertz CT molecular complexity index is 1130. The topological polar surface area (TPSA) is 52.6 Å². The first-order valence-corrected chi connectivity index (χ1v) is 10.4. The van der Waals surface area contributed by atoms with Crippen molar-refractivity contribution in [2.45, 2.75) is 18.5 Å². The van der Waals surface area contributed by atoms with Gasteiger partial charge in [-0.3, -0.25) is 4.79 Å². The van der Waals surface area contributed by atoms with Gasteiger partial charge in [-0.1, -0.05) is 24.3 Å². The summed E-state index contributed by atoms with van der Waals surface area (Å²) >= 11 is 0. The molecule has 0 saturated carbocycles. The fourth-order valence-electron chi connectivity index (χ4n) is 4.91. The molecule has 0 spiro atoms. The molecule has 2 aliphatic rings. The summed E-state index contributed by atoms with van der Waals surface area (Å²) in [7, 11) is 0. The van der Waals surface area contributed by atoms with Gasteiger partial charge in [0.1, 0.15) is 11.6 Å². The molecule has 31 heavy (non-hydrogen) atoms. The molecule has 0 aliphatic carbocycles. The number of nitrogens with zero attached hydrogens (tertiary/aromatic N) is 1. The van der Waals surface area contributed by atoms with Crippen molar-refractivity contribution in [3.63, 3.8) is 0 Å². The number of carbonyl (C=O) groups excluding carboxylic acids is 1. The normalized spacial score (nSPS) is 21.9. The fourth-order valence-corrected chi connectivity index (χ4v) is 4.91. The summed E-state index contributed by atoms with van der Waals surface area (Å²) < 4.78 is 27.7. The number of carbonyl (C=O) groups is 1. The second kappa shape index (κ2) is 7.78. The molecule has 1 amide bonds. The molecule has 2 N–H and O–H groups in total. The molecule has 2 aliphatic heterocycles. The van der Waals surface area contributed by atoms with Gasteiger partial charge in [-0.15, -0.1) is 0 Å². The Morgan fingerprint density at radius 1 is 1.06 bits per heavy atom. The summed E-state index contributed by atoms with van der Waals surface area (Å²) in [6, 6.07) is 17.4. The zero-order valence-electron chi connectivity index (χ0n) is 16.8. The van der Waals surface area contributed by atoms with Crippen LogP contribution in [0.5, 0.6) is 0 Å². The van der Waals surface area contributed by atoms with E-state index in [9.17, 15) is 18.7 Å². The van der Waals surface area contributed by atoms with E-state index in [-0.39, 0.29) is 36.3 Å². The number of halogens is 2. The Balaban J connectivity index is 1.58. The molecule has 3 atom stereocenters. The van der Waals surface area contributed by atoms with Gasteiger partial charge in [-0.05, 0) is 60.0 Å². The van der Waals surface area contributed by atoms with E-state index in [0.29, 0.717) is 17.7 Å². The van der Waals surface area contributed by atoms with Gasteiger partial charge in [-0.25, -0.2) is 8.78 Å². The molecule has 4 nitrogen and oxygen atoms in total. The van der Waals surface area contributed by atoms with Crippen molar-refractivity contribution in [2.24, 2.45) is 5.92 Å². The molecule has 0 unspecified atom stereocenters. The maximum absolute atomic E-state index is 14.4. The zero-order chi connectivity index (χ0) is 21.5. The van der Waals surface area contributed by atoms with Crippen LogP contribution in [0.3, 0.4) is 0 Å². The van der Waals surface area contributed by atoms with Crippen LogP contribution >= 0.6 is 0 Å². The highest BCUT2D eigenvalue weighted by molar-refractivity contribution is 5.95. The van der Waals surface area contributed by atoms with Crippen molar-refractivity contribution in [3.8, 4) is 11.1 Å². The van der Waals surface area contributed by atoms with Crippen molar-refractivity contribution in [1.82, 2.24) is 4.90 Å². The molecule has 1 saturated heterocycles.